The van der Waals surface area contributed by atoms with Crippen molar-refractivity contribution in [2.24, 2.45) is 0 Å². The second-order valence-corrected chi connectivity index (χ2v) is 8.53. The minimum absolute atomic E-state index is 0.363. The van der Waals surface area contributed by atoms with E-state index in [4.69, 9.17) is 19.2 Å². The van der Waals surface area contributed by atoms with Crippen molar-refractivity contribution in [2.45, 2.75) is 33.6 Å². The number of morpholine rings is 1. The molecule has 0 amide bonds. The summed E-state index contributed by atoms with van der Waals surface area (Å²) in [6.45, 7) is 12.8. The van der Waals surface area contributed by atoms with Gasteiger partial charge in [0.2, 0.25) is 0 Å². The summed E-state index contributed by atoms with van der Waals surface area (Å²) in [6, 6.07) is 10.3. The summed E-state index contributed by atoms with van der Waals surface area (Å²) in [5.74, 6) is 2.27. The molecular weight excluding hydrogens is 430 g/mol. The lowest BCUT2D eigenvalue weighted by Crippen LogP contribution is -2.37. The van der Waals surface area contributed by atoms with E-state index in [1.165, 1.54) is 0 Å². The zero-order valence-corrected chi connectivity index (χ0v) is 20.5. The molecular formula is C26H35N5O3. The van der Waals surface area contributed by atoms with Crippen LogP contribution in [0.15, 0.2) is 36.5 Å². The Morgan fingerprint density at radius 1 is 1.03 bits per heavy atom. The summed E-state index contributed by atoms with van der Waals surface area (Å²) >= 11 is 0. The molecule has 1 aliphatic heterocycles. The number of anilines is 1. The van der Waals surface area contributed by atoms with Crippen LogP contribution in [0.2, 0.25) is 0 Å². The predicted molar refractivity (Wildman–Crippen MR) is 134 cm³/mol. The number of rotatable bonds is 11. The lowest BCUT2D eigenvalue weighted by atomic mass is 10.2. The van der Waals surface area contributed by atoms with Crippen LogP contribution < -0.4 is 14.4 Å². The zero-order chi connectivity index (χ0) is 23.8. The molecule has 0 saturated carbocycles. The monoisotopic (exact) mass is 465 g/mol. The molecule has 8 nitrogen and oxygen atoms in total. The van der Waals surface area contributed by atoms with Crippen LogP contribution in [-0.4, -0.2) is 72.4 Å². The minimum atomic E-state index is 0.363. The number of aryl methyl sites for hydroxylation is 1. The third kappa shape index (κ3) is 6.12. The van der Waals surface area contributed by atoms with E-state index in [0.717, 1.165) is 68.1 Å². The van der Waals surface area contributed by atoms with Gasteiger partial charge in [-0.3, -0.25) is 4.90 Å². The highest BCUT2D eigenvalue weighted by molar-refractivity contribution is 5.88. The van der Waals surface area contributed by atoms with E-state index < -0.39 is 0 Å². The minimum Gasteiger partial charge on any atom is -0.462 e. The molecule has 8 heteroatoms. The molecule has 1 saturated heterocycles. The number of hydrogen-bond donors (Lipinski definition) is 0. The summed E-state index contributed by atoms with van der Waals surface area (Å²) in [6.07, 6.45) is 3.97. The quantitative estimate of drug-likeness (QED) is 0.411. The van der Waals surface area contributed by atoms with Crippen molar-refractivity contribution >= 4 is 16.9 Å². The maximum Gasteiger partial charge on any atom is 0.320 e. The fraction of sp³-hybridized carbons (Fsp3) is 0.500. The first-order valence-corrected chi connectivity index (χ1v) is 12.3. The predicted octanol–water partition coefficient (Wildman–Crippen LogP) is 4.46. The van der Waals surface area contributed by atoms with Gasteiger partial charge >= 0.3 is 6.01 Å². The van der Waals surface area contributed by atoms with Gasteiger partial charge in [-0.05, 0) is 50.6 Å². The zero-order valence-electron chi connectivity index (χ0n) is 20.5. The Hall–Kier alpha value is -2.97. The SMILES string of the molecule is CCCN(CCC)CCOc1nc(N2CCOCC2)c2cc(Oc3ccccc3C)cnc2n1. The highest BCUT2D eigenvalue weighted by Gasteiger charge is 2.20. The van der Waals surface area contributed by atoms with Gasteiger partial charge in [-0.15, -0.1) is 0 Å². The molecule has 2 aromatic heterocycles. The first-order valence-electron chi connectivity index (χ1n) is 12.3. The molecule has 1 aliphatic rings. The summed E-state index contributed by atoms with van der Waals surface area (Å²) in [4.78, 5) is 18.6. The summed E-state index contributed by atoms with van der Waals surface area (Å²) in [7, 11) is 0. The van der Waals surface area contributed by atoms with Gasteiger partial charge < -0.3 is 19.1 Å². The topological polar surface area (TPSA) is 72.8 Å². The summed E-state index contributed by atoms with van der Waals surface area (Å²) < 4.78 is 17.7. The second kappa shape index (κ2) is 11.9. The van der Waals surface area contributed by atoms with Gasteiger partial charge in [0, 0.05) is 19.6 Å². The van der Waals surface area contributed by atoms with Crippen molar-refractivity contribution in [3.63, 3.8) is 0 Å². The fourth-order valence-electron chi connectivity index (χ4n) is 4.13. The van der Waals surface area contributed by atoms with Crippen molar-refractivity contribution in [3.8, 4) is 17.5 Å². The number of hydrogen-bond acceptors (Lipinski definition) is 8. The van der Waals surface area contributed by atoms with Gasteiger partial charge in [-0.2, -0.15) is 9.97 Å². The first kappa shape index (κ1) is 24.2. The average molecular weight is 466 g/mol. The van der Waals surface area contributed by atoms with Gasteiger partial charge in [0.1, 0.15) is 23.9 Å². The van der Waals surface area contributed by atoms with Crippen LogP contribution in [0.3, 0.4) is 0 Å². The number of para-hydroxylation sites is 1. The maximum absolute atomic E-state index is 6.13. The van der Waals surface area contributed by atoms with Crippen LogP contribution in [0.1, 0.15) is 32.3 Å². The van der Waals surface area contributed by atoms with E-state index in [1.54, 1.807) is 6.20 Å². The number of fused-ring (bicyclic) bond motifs is 1. The summed E-state index contributed by atoms with van der Waals surface area (Å²) in [5, 5.41) is 0.846. The molecule has 4 rings (SSSR count). The first-order chi connectivity index (χ1) is 16.7. The molecule has 3 aromatic rings. The van der Waals surface area contributed by atoms with E-state index >= 15 is 0 Å². The van der Waals surface area contributed by atoms with Crippen LogP contribution in [0.5, 0.6) is 17.5 Å². The van der Waals surface area contributed by atoms with Crippen LogP contribution in [0.4, 0.5) is 5.82 Å². The number of benzene rings is 1. The summed E-state index contributed by atoms with van der Waals surface area (Å²) in [5.41, 5.74) is 1.67. The molecule has 1 aromatic carbocycles. The fourth-order valence-corrected chi connectivity index (χ4v) is 4.13. The molecule has 0 aliphatic carbocycles. The average Bonchev–Trinajstić information content (AvgIpc) is 2.86. The highest BCUT2D eigenvalue weighted by Crippen LogP contribution is 2.31. The molecule has 0 bridgehead atoms. The number of nitrogens with zero attached hydrogens (tertiary/aromatic N) is 5. The molecule has 182 valence electrons. The Labute approximate surface area is 201 Å². The van der Waals surface area contributed by atoms with Crippen molar-refractivity contribution in [1.29, 1.82) is 0 Å². The highest BCUT2D eigenvalue weighted by atomic mass is 16.5. The van der Waals surface area contributed by atoms with Crippen molar-refractivity contribution in [3.05, 3.63) is 42.1 Å². The lowest BCUT2D eigenvalue weighted by molar-refractivity contribution is 0.122. The second-order valence-electron chi connectivity index (χ2n) is 8.53. The molecule has 34 heavy (non-hydrogen) atoms. The lowest BCUT2D eigenvalue weighted by Gasteiger charge is -2.28. The van der Waals surface area contributed by atoms with E-state index in [9.17, 15) is 0 Å². The van der Waals surface area contributed by atoms with Crippen LogP contribution in [0.25, 0.3) is 11.0 Å². The Morgan fingerprint density at radius 3 is 2.53 bits per heavy atom. The van der Waals surface area contributed by atoms with E-state index in [1.807, 2.05) is 37.3 Å². The number of aromatic nitrogens is 3. The van der Waals surface area contributed by atoms with Gasteiger partial charge in [0.05, 0.1) is 24.8 Å². The van der Waals surface area contributed by atoms with Crippen LogP contribution >= 0.6 is 0 Å². The van der Waals surface area contributed by atoms with E-state index in [2.05, 4.69) is 33.6 Å². The van der Waals surface area contributed by atoms with Crippen LogP contribution in [-0.2, 0) is 4.74 Å². The van der Waals surface area contributed by atoms with E-state index in [0.29, 0.717) is 37.2 Å². The largest absolute Gasteiger partial charge is 0.462 e. The third-order valence-electron chi connectivity index (χ3n) is 5.84. The van der Waals surface area contributed by atoms with Gasteiger partial charge in [0.25, 0.3) is 0 Å². The Morgan fingerprint density at radius 2 is 1.79 bits per heavy atom. The van der Waals surface area contributed by atoms with Crippen molar-refractivity contribution in [2.75, 3.05) is 57.4 Å². The van der Waals surface area contributed by atoms with Crippen LogP contribution in [0, 0.1) is 6.92 Å². The number of pyridine rings is 1. The van der Waals surface area contributed by atoms with Gasteiger partial charge in [-0.25, -0.2) is 4.98 Å². The molecule has 0 spiro atoms. The van der Waals surface area contributed by atoms with Crippen molar-refractivity contribution in [1.82, 2.24) is 19.9 Å². The smallest absolute Gasteiger partial charge is 0.320 e. The molecule has 0 unspecified atom stereocenters. The Kier molecular flexibility index (Phi) is 8.49. The molecule has 0 atom stereocenters. The molecule has 3 heterocycles. The Bertz CT molecular complexity index is 1070. The third-order valence-corrected chi connectivity index (χ3v) is 5.84. The normalized spacial score (nSPS) is 14.1. The van der Waals surface area contributed by atoms with Gasteiger partial charge in [-0.1, -0.05) is 32.0 Å². The maximum atomic E-state index is 6.13. The molecule has 0 radical (unpaired) electrons. The van der Waals surface area contributed by atoms with Crippen molar-refractivity contribution < 1.29 is 14.2 Å². The van der Waals surface area contributed by atoms with Gasteiger partial charge in [0.15, 0.2) is 5.65 Å². The Balaban J connectivity index is 1.59. The molecule has 1 fully saturated rings. The molecule has 0 N–H and O–H groups in total. The van der Waals surface area contributed by atoms with E-state index in [-0.39, 0.29) is 0 Å². The standard InChI is InChI=1S/C26H35N5O3/c1-4-10-30(11-5-2)12-17-33-26-28-24-22(25(29-26)31-13-15-32-16-14-31)18-21(19-27-24)34-23-9-7-6-8-20(23)3/h6-9,18-19H,4-5,10-17H2,1-3H3. The number of ether oxygens (including phenoxy) is 3.